The van der Waals surface area contributed by atoms with Gasteiger partial charge in [0.05, 0.1) is 19.0 Å². The van der Waals surface area contributed by atoms with Crippen molar-refractivity contribution in [1.29, 1.82) is 0 Å². The molecule has 0 bridgehead atoms. The molecule has 1 aromatic heterocycles. The van der Waals surface area contributed by atoms with Crippen LogP contribution < -0.4 is 5.32 Å². The first kappa shape index (κ1) is 17.2. The third kappa shape index (κ3) is 9.13. The van der Waals surface area contributed by atoms with Crippen molar-refractivity contribution in [3.63, 3.8) is 0 Å². The van der Waals surface area contributed by atoms with E-state index in [-0.39, 0.29) is 0 Å². The Morgan fingerprint density at radius 2 is 2.05 bits per heavy atom. The Balaban J connectivity index is 1.84. The maximum Gasteiger partial charge on any atom is 0.129 e. The molecule has 0 aliphatic rings. The average Bonchev–Trinajstić information content (AvgIpc) is 2.95. The predicted octanol–water partition coefficient (Wildman–Crippen LogP) is 3.11. The number of furan rings is 1. The molecule has 0 aromatic carbocycles. The Labute approximate surface area is 122 Å². The molecule has 0 saturated carbocycles. The van der Waals surface area contributed by atoms with Gasteiger partial charge in [-0.2, -0.15) is 0 Å². The molecule has 0 radical (unpaired) electrons. The minimum absolute atomic E-state index is 0.337. The second kappa shape index (κ2) is 11.9. The van der Waals surface area contributed by atoms with E-state index in [0.717, 1.165) is 12.3 Å². The molecule has 1 unspecified atom stereocenters. The first-order valence-corrected chi connectivity index (χ1v) is 7.81. The summed E-state index contributed by atoms with van der Waals surface area (Å²) >= 11 is 0. The maximum absolute atomic E-state index is 9.73. The topological polar surface area (TPSA) is 54.6 Å². The number of aliphatic hydroxyl groups is 1. The molecular formula is C16H29NO3. The largest absolute Gasteiger partial charge is 0.467 e. The molecule has 116 valence electrons. The number of rotatable bonds is 13. The molecular weight excluding hydrogens is 254 g/mol. The van der Waals surface area contributed by atoms with Crippen LogP contribution in [-0.4, -0.2) is 30.9 Å². The van der Waals surface area contributed by atoms with Crippen LogP contribution in [0.15, 0.2) is 22.8 Å². The smallest absolute Gasteiger partial charge is 0.129 e. The lowest BCUT2D eigenvalue weighted by atomic mass is 10.1. The zero-order valence-electron chi connectivity index (χ0n) is 12.6. The highest BCUT2D eigenvalue weighted by molar-refractivity contribution is 4.96. The summed E-state index contributed by atoms with van der Waals surface area (Å²) in [5.41, 5.74) is 0. The van der Waals surface area contributed by atoms with Crippen molar-refractivity contribution in [2.24, 2.45) is 0 Å². The summed E-state index contributed by atoms with van der Waals surface area (Å²) in [6.45, 7) is 4.55. The number of hydrogen-bond donors (Lipinski definition) is 2. The van der Waals surface area contributed by atoms with Crippen LogP contribution in [0.25, 0.3) is 0 Å². The van der Waals surface area contributed by atoms with Crippen molar-refractivity contribution in [3.05, 3.63) is 24.2 Å². The van der Waals surface area contributed by atoms with Gasteiger partial charge >= 0.3 is 0 Å². The fourth-order valence-corrected chi connectivity index (χ4v) is 2.05. The minimum Gasteiger partial charge on any atom is -0.467 e. The van der Waals surface area contributed by atoms with Gasteiger partial charge in [0.25, 0.3) is 0 Å². The number of nitrogens with one attached hydrogen (secondary N) is 1. The highest BCUT2D eigenvalue weighted by Gasteiger charge is 2.04. The summed E-state index contributed by atoms with van der Waals surface area (Å²) in [6, 6.07) is 3.69. The SMILES string of the molecule is CCCCCCCCNCC(O)COCc1ccco1. The van der Waals surface area contributed by atoms with E-state index in [9.17, 15) is 5.11 Å². The van der Waals surface area contributed by atoms with E-state index in [2.05, 4.69) is 12.2 Å². The Kier molecular flexibility index (Phi) is 10.3. The van der Waals surface area contributed by atoms with Crippen molar-refractivity contribution in [3.8, 4) is 0 Å². The van der Waals surface area contributed by atoms with E-state index in [4.69, 9.17) is 9.15 Å². The number of unbranched alkanes of at least 4 members (excludes halogenated alkanes) is 5. The number of aliphatic hydroxyl groups excluding tert-OH is 1. The number of hydrogen-bond acceptors (Lipinski definition) is 4. The molecule has 1 atom stereocenters. The van der Waals surface area contributed by atoms with Gasteiger partial charge in [0.1, 0.15) is 12.4 Å². The number of ether oxygens (including phenoxy) is 1. The minimum atomic E-state index is -0.454. The van der Waals surface area contributed by atoms with Gasteiger partial charge in [-0.25, -0.2) is 0 Å². The predicted molar refractivity (Wildman–Crippen MR) is 80.6 cm³/mol. The summed E-state index contributed by atoms with van der Waals surface area (Å²) in [5, 5.41) is 13.0. The lowest BCUT2D eigenvalue weighted by molar-refractivity contribution is 0.0227. The first-order valence-electron chi connectivity index (χ1n) is 7.81. The van der Waals surface area contributed by atoms with Crippen molar-refractivity contribution in [2.45, 2.75) is 58.2 Å². The zero-order chi connectivity index (χ0) is 14.5. The molecule has 4 heteroatoms. The van der Waals surface area contributed by atoms with Gasteiger partial charge in [-0.15, -0.1) is 0 Å². The van der Waals surface area contributed by atoms with E-state index in [1.807, 2.05) is 12.1 Å². The fraction of sp³-hybridized carbons (Fsp3) is 0.750. The Hall–Kier alpha value is -0.840. The Morgan fingerprint density at radius 1 is 1.25 bits per heavy atom. The van der Waals surface area contributed by atoms with Crippen LogP contribution in [-0.2, 0) is 11.3 Å². The molecule has 0 fully saturated rings. The van der Waals surface area contributed by atoms with Crippen molar-refractivity contribution >= 4 is 0 Å². The van der Waals surface area contributed by atoms with E-state index in [0.29, 0.717) is 19.8 Å². The Morgan fingerprint density at radius 3 is 2.80 bits per heavy atom. The van der Waals surface area contributed by atoms with E-state index in [1.54, 1.807) is 6.26 Å². The van der Waals surface area contributed by atoms with Crippen LogP contribution in [0, 0.1) is 0 Å². The summed E-state index contributed by atoms with van der Waals surface area (Å²) < 4.78 is 10.5. The monoisotopic (exact) mass is 283 g/mol. The lowest BCUT2D eigenvalue weighted by Gasteiger charge is -2.11. The molecule has 0 aliphatic carbocycles. The second-order valence-electron chi connectivity index (χ2n) is 5.22. The van der Waals surface area contributed by atoms with Crippen LogP contribution >= 0.6 is 0 Å². The summed E-state index contributed by atoms with van der Waals surface area (Å²) in [4.78, 5) is 0. The van der Waals surface area contributed by atoms with E-state index in [1.165, 1.54) is 38.5 Å². The second-order valence-corrected chi connectivity index (χ2v) is 5.22. The van der Waals surface area contributed by atoms with E-state index >= 15 is 0 Å². The van der Waals surface area contributed by atoms with Gasteiger partial charge in [0, 0.05) is 6.54 Å². The van der Waals surface area contributed by atoms with Crippen molar-refractivity contribution in [1.82, 2.24) is 5.32 Å². The maximum atomic E-state index is 9.73. The molecule has 2 N–H and O–H groups in total. The summed E-state index contributed by atoms with van der Waals surface area (Å²) in [5.74, 6) is 0.789. The lowest BCUT2D eigenvalue weighted by Crippen LogP contribution is -2.30. The van der Waals surface area contributed by atoms with Gasteiger partial charge in [-0.1, -0.05) is 39.0 Å². The van der Waals surface area contributed by atoms with Crippen LogP contribution in [0.2, 0.25) is 0 Å². The van der Waals surface area contributed by atoms with Gasteiger partial charge in [-0.05, 0) is 25.1 Å². The van der Waals surface area contributed by atoms with Gasteiger partial charge < -0.3 is 19.6 Å². The van der Waals surface area contributed by atoms with Gasteiger partial charge in [0.2, 0.25) is 0 Å². The molecule has 0 saturated heterocycles. The molecule has 1 rings (SSSR count). The highest BCUT2D eigenvalue weighted by Crippen LogP contribution is 2.04. The molecule has 4 nitrogen and oxygen atoms in total. The summed E-state index contributed by atoms with van der Waals surface area (Å²) in [6.07, 6.45) is 8.94. The molecule has 20 heavy (non-hydrogen) atoms. The van der Waals surface area contributed by atoms with Gasteiger partial charge in [-0.3, -0.25) is 0 Å². The molecule has 0 aliphatic heterocycles. The average molecular weight is 283 g/mol. The molecule has 1 heterocycles. The van der Waals surface area contributed by atoms with Crippen LogP contribution in [0.1, 0.15) is 51.2 Å². The third-order valence-electron chi connectivity index (χ3n) is 3.22. The van der Waals surface area contributed by atoms with E-state index < -0.39 is 6.10 Å². The molecule has 0 amide bonds. The standard InChI is InChI=1S/C16H29NO3/c1-2-3-4-5-6-7-10-17-12-15(18)13-19-14-16-9-8-11-20-16/h8-9,11,15,17-18H,2-7,10,12-14H2,1H3. The molecule has 1 aromatic rings. The fourth-order valence-electron chi connectivity index (χ4n) is 2.05. The van der Waals surface area contributed by atoms with Crippen LogP contribution in [0.4, 0.5) is 0 Å². The van der Waals surface area contributed by atoms with Crippen LogP contribution in [0.5, 0.6) is 0 Å². The first-order chi connectivity index (χ1) is 9.83. The Bertz CT molecular complexity index is 301. The zero-order valence-corrected chi connectivity index (χ0v) is 12.6. The summed E-state index contributed by atoms with van der Waals surface area (Å²) in [7, 11) is 0. The third-order valence-corrected chi connectivity index (χ3v) is 3.22. The van der Waals surface area contributed by atoms with Crippen LogP contribution in [0.3, 0.4) is 0 Å². The highest BCUT2D eigenvalue weighted by atomic mass is 16.5. The molecule has 0 spiro atoms. The van der Waals surface area contributed by atoms with Gasteiger partial charge in [0.15, 0.2) is 0 Å². The van der Waals surface area contributed by atoms with Crippen molar-refractivity contribution < 1.29 is 14.3 Å². The quantitative estimate of drug-likeness (QED) is 0.546. The normalized spacial score (nSPS) is 12.7. The van der Waals surface area contributed by atoms with Crippen molar-refractivity contribution in [2.75, 3.05) is 19.7 Å².